The van der Waals surface area contributed by atoms with Crippen LogP contribution in [0, 0.1) is 17.5 Å². The van der Waals surface area contributed by atoms with Crippen LogP contribution in [0.25, 0.3) is 38.6 Å². The first kappa shape index (κ1) is 21.0. The van der Waals surface area contributed by atoms with E-state index in [1.807, 2.05) is 0 Å². The number of alkyl halides is 3. The van der Waals surface area contributed by atoms with Gasteiger partial charge in [-0.25, -0.2) is 13.2 Å². The number of benzene rings is 4. The molecule has 0 aliphatic rings. The highest BCUT2D eigenvalue weighted by atomic mass is 19.4. The molecule has 7 heteroatoms. The molecule has 4 aromatic carbocycles. The van der Waals surface area contributed by atoms with E-state index in [2.05, 4.69) is 0 Å². The maximum atomic E-state index is 14.4. The van der Waals surface area contributed by atoms with Crippen LogP contribution in [-0.2, 0) is 6.18 Å². The van der Waals surface area contributed by atoms with Crippen molar-refractivity contribution in [2.45, 2.75) is 6.18 Å². The Hall–Kier alpha value is -3.87. The van der Waals surface area contributed by atoms with Gasteiger partial charge in [0.15, 0.2) is 0 Å². The molecule has 0 unspecified atom stereocenters. The Bertz CT molecular complexity index is 1460. The van der Waals surface area contributed by atoms with Crippen molar-refractivity contribution in [1.82, 2.24) is 0 Å². The number of pyridine rings is 1. The van der Waals surface area contributed by atoms with Crippen molar-refractivity contribution >= 4 is 21.8 Å². The molecule has 1 aromatic heterocycles. The van der Waals surface area contributed by atoms with E-state index in [4.69, 9.17) is 0 Å². The van der Waals surface area contributed by atoms with Gasteiger partial charge in [0.1, 0.15) is 17.5 Å². The zero-order valence-corrected chi connectivity index (χ0v) is 16.8. The first-order valence-electron chi connectivity index (χ1n) is 9.93. The molecule has 5 aromatic rings. The molecule has 0 fully saturated rings. The van der Waals surface area contributed by atoms with Crippen LogP contribution in [0.3, 0.4) is 0 Å². The molecule has 0 saturated heterocycles. The van der Waals surface area contributed by atoms with Crippen molar-refractivity contribution in [2.75, 3.05) is 0 Å². The average Bonchev–Trinajstić information content (AvgIpc) is 2.77. The van der Waals surface area contributed by atoms with Crippen molar-refractivity contribution < 1.29 is 30.9 Å². The standard InChI is InChI=1S/C26H14F6N/c27-15-5-9-18(10-6-15)33-23-11-7-16(28)13-20(23)25(21-14-17(29)8-12-24(21)33)19-3-1-2-4-22(19)26(30,31)32/h1-14H/q+1. The van der Waals surface area contributed by atoms with Crippen LogP contribution in [-0.4, -0.2) is 0 Å². The second-order valence-electron chi connectivity index (χ2n) is 7.55. The van der Waals surface area contributed by atoms with Gasteiger partial charge in [0, 0.05) is 29.8 Å². The fourth-order valence-electron chi connectivity index (χ4n) is 4.19. The van der Waals surface area contributed by atoms with E-state index in [-0.39, 0.29) is 21.9 Å². The fraction of sp³-hybridized carbons (Fsp3) is 0.0385. The Labute approximate surface area is 184 Å². The molecular weight excluding hydrogens is 440 g/mol. The molecule has 0 amide bonds. The quantitative estimate of drug-likeness (QED) is 0.149. The van der Waals surface area contributed by atoms with Gasteiger partial charge in [-0.15, -0.1) is 0 Å². The minimum atomic E-state index is -4.68. The summed E-state index contributed by atoms with van der Waals surface area (Å²) in [6, 6.07) is 17.9. The molecule has 0 radical (unpaired) electrons. The van der Waals surface area contributed by atoms with Gasteiger partial charge in [0.25, 0.3) is 0 Å². The molecule has 0 bridgehead atoms. The van der Waals surface area contributed by atoms with E-state index in [1.165, 1.54) is 66.7 Å². The van der Waals surface area contributed by atoms with Crippen LogP contribution >= 0.6 is 0 Å². The molecule has 0 saturated carbocycles. The summed E-state index contributed by atoms with van der Waals surface area (Å²) in [6.45, 7) is 0. The van der Waals surface area contributed by atoms with Crippen LogP contribution in [0.1, 0.15) is 5.56 Å². The molecule has 0 aliphatic heterocycles. The first-order chi connectivity index (χ1) is 15.7. The number of aromatic nitrogens is 1. The SMILES string of the molecule is Fc1ccc(-[n+]2c3ccc(F)cc3c(-c3ccccc3C(F)(F)F)c3cc(F)ccc32)cc1. The van der Waals surface area contributed by atoms with Crippen molar-refractivity contribution in [1.29, 1.82) is 0 Å². The molecule has 0 N–H and O–H groups in total. The minimum absolute atomic E-state index is 0.0605. The summed E-state index contributed by atoms with van der Waals surface area (Å²) in [5.74, 6) is -1.79. The van der Waals surface area contributed by atoms with Crippen LogP contribution in [0.15, 0.2) is 84.9 Å². The van der Waals surface area contributed by atoms with Crippen molar-refractivity contribution in [3.05, 3.63) is 108 Å². The summed E-state index contributed by atoms with van der Waals surface area (Å²) < 4.78 is 85.6. The summed E-state index contributed by atoms with van der Waals surface area (Å²) in [7, 11) is 0. The average molecular weight is 454 g/mol. The zero-order chi connectivity index (χ0) is 23.3. The third-order valence-corrected chi connectivity index (χ3v) is 5.52. The largest absolute Gasteiger partial charge is 0.417 e. The van der Waals surface area contributed by atoms with Gasteiger partial charge >= 0.3 is 6.18 Å². The molecule has 0 spiro atoms. The molecule has 0 atom stereocenters. The molecule has 1 heterocycles. The van der Waals surface area contributed by atoms with Gasteiger partial charge < -0.3 is 0 Å². The Kier molecular flexibility index (Phi) is 4.85. The van der Waals surface area contributed by atoms with Gasteiger partial charge in [-0.1, -0.05) is 18.2 Å². The number of halogens is 6. The maximum Gasteiger partial charge on any atom is 0.417 e. The van der Waals surface area contributed by atoms with Crippen molar-refractivity contribution in [2.24, 2.45) is 0 Å². The van der Waals surface area contributed by atoms with Crippen LogP contribution in [0.5, 0.6) is 0 Å². The monoisotopic (exact) mass is 454 g/mol. The topological polar surface area (TPSA) is 3.88 Å². The predicted octanol–water partition coefficient (Wildman–Crippen LogP) is 7.37. The lowest BCUT2D eigenvalue weighted by atomic mass is 9.92. The highest BCUT2D eigenvalue weighted by Crippen LogP contribution is 2.42. The van der Waals surface area contributed by atoms with E-state index in [9.17, 15) is 26.3 Å². The Morgan fingerprint density at radius 1 is 0.576 bits per heavy atom. The molecule has 0 aliphatic carbocycles. The Morgan fingerprint density at radius 3 is 1.64 bits per heavy atom. The van der Waals surface area contributed by atoms with Crippen molar-refractivity contribution in [3.63, 3.8) is 0 Å². The van der Waals surface area contributed by atoms with E-state index >= 15 is 0 Å². The molecule has 1 nitrogen and oxygen atoms in total. The number of hydrogen-bond acceptors (Lipinski definition) is 0. The number of hydrogen-bond donors (Lipinski definition) is 0. The van der Waals surface area contributed by atoms with E-state index < -0.39 is 29.2 Å². The number of nitrogens with zero attached hydrogens (tertiary/aromatic N) is 1. The second kappa shape index (κ2) is 7.62. The van der Waals surface area contributed by atoms with Crippen LogP contribution in [0.2, 0.25) is 0 Å². The maximum absolute atomic E-state index is 14.4. The highest BCUT2D eigenvalue weighted by Gasteiger charge is 2.35. The lowest BCUT2D eigenvalue weighted by Gasteiger charge is -2.17. The van der Waals surface area contributed by atoms with Crippen LogP contribution < -0.4 is 4.57 Å². The van der Waals surface area contributed by atoms with Gasteiger partial charge in [0.05, 0.1) is 16.3 Å². The second-order valence-corrected chi connectivity index (χ2v) is 7.55. The highest BCUT2D eigenvalue weighted by molar-refractivity contribution is 6.08. The number of fused-ring (bicyclic) bond motifs is 2. The van der Waals surface area contributed by atoms with Crippen molar-refractivity contribution in [3.8, 4) is 16.8 Å². The number of rotatable bonds is 2. The summed E-state index contributed by atoms with van der Waals surface area (Å²) in [6.07, 6.45) is -4.68. The summed E-state index contributed by atoms with van der Waals surface area (Å²) in [5.41, 5.74) is 0.205. The first-order valence-corrected chi connectivity index (χ1v) is 9.93. The molecular formula is C26H14F6N+. The van der Waals surface area contributed by atoms with E-state index in [0.29, 0.717) is 16.7 Å². The summed E-state index contributed by atoms with van der Waals surface area (Å²) in [4.78, 5) is 0. The fourth-order valence-corrected chi connectivity index (χ4v) is 4.19. The Balaban J connectivity index is 2.03. The predicted molar refractivity (Wildman–Crippen MR) is 113 cm³/mol. The third kappa shape index (κ3) is 3.59. The normalized spacial score (nSPS) is 11.9. The Morgan fingerprint density at radius 2 is 1.09 bits per heavy atom. The van der Waals surface area contributed by atoms with Crippen LogP contribution in [0.4, 0.5) is 26.3 Å². The minimum Gasteiger partial charge on any atom is -0.207 e. The smallest absolute Gasteiger partial charge is 0.207 e. The van der Waals surface area contributed by atoms with Gasteiger partial charge in [0.2, 0.25) is 16.7 Å². The lowest BCUT2D eigenvalue weighted by molar-refractivity contribution is -0.538. The molecule has 33 heavy (non-hydrogen) atoms. The third-order valence-electron chi connectivity index (χ3n) is 5.52. The van der Waals surface area contributed by atoms with Gasteiger partial charge in [-0.3, -0.25) is 0 Å². The van der Waals surface area contributed by atoms with Gasteiger partial charge in [-0.2, -0.15) is 17.7 Å². The van der Waals surface area contributed by atoms with Gasteiger partial charge in [-0.05, 0) is 48.0 Å². The van der Waals surface area contributed by atoms with E-state index in [0.717, 1.165) is 18.2 Å². The molecule has 164 valence electrons. The summed E-state index contributed by atoms with van der Waals surface area (Å²) >= 11 is 0. The zero-order valence-electron chi connectivity index (χ0n) is 16.8. The van der Waals surface area contributed by atoms with E-state index in [1.54, 1.807) is 4.57 Å². The molecule has 5 rings (SSSR count). The lowest BCUT2D eigenvalue weighted by Crippen LogP contribution is -2.33. The summed E-state index contributed by atoms with van der Waals surface area (Å²) in [5, 5.41) is 0.322.